The number of aliphatic hydroxyl groups excluding tert-OH is 1. The van der Waals surface area contributed by atoms with E-state index in [4.69, 9.17) is 17.3 Å². The van der Waals surface area contributed by atoms with Crippen molar-refractivity contribution in [2.75, 3.05) is 11.5 Å². The Kier molecular flexibility index (Phi) is 4.58. The first-order chi connectivity index (χ1) is 6.63. The Bertz CT molecular complexity index is 306. The molecule has 1 aromatic rings. The third-order valence-corrected chi connectivity index (χ3v) is 3.34. The third kappa shape index (κ3) is 3.40. The van der Waals surface area contributed by atoms with E-state index >= 15 is 0 Å². The second kappa shape index (κ2) is 5.49. The van der Waals surface area contributed by atoms with E-state index in [0.29, 0.717) is 16.5 Å². The standard InChI is InChI=1S/C10H14ClNOS/c1-2-8(13)6-14-10-4-3-7(11)5-9(10)12/h3-5,8,13H,2,6,12H2,1H3. The molecule has 1 aromatic carbocycles. The number of thioether (sulfide) groups is 1. The molecule has 3 N–H and O–H groups in total. The van der Waals surface area contributed by atoms with Crippen molar-refractivity contribution in [3.63, 3.8) is 0 Å². The molecule has 1 unspecified atom stereocenters. The van der Waals surface area contributed by atoms with Gasteiger partial charge >= 0.3 is 0 Å². The fraction of sp³-hybridized carbons (Fsp3) is 0.400. The second-order valence-electron chi connectivity index (χ2n) is 3.06. The summed E-state index contributed by atoms with van der Waals surface area (Å²) in [5.41, 5.74) is 6.43. The maximum Gasteiger partial charge on any atom is 0.0631 e. The number of hydrogen-bond acceptors (Lipinski definition) is 3. The summed E-state index contributed by atoms with van der Waals surface area (Å²) < 4.78 is 0. The van der Waals surface area contributed by atoms with E-state index in [2.05, 4.69) is 0 Å². The molecule has 1 atom stereocenters. The Morgan fingerprint density at radius 1 is 1.57 bits per heavy atom. The van der Waals surface area contributed by atoms with Crippen LogP contribution in [0.1, 0.15) is 13.3 Å². The minimum Gasteiger partial charge on any atom is -0.398 e. The number of halogens is 1. The lowest BCUT2D eigenvalue weighted by Gasteiger charge is -2.08. The number of nitrogen functional groups attached to an aromatic ring is 1. The number of rotatable bonds is 4. The van der Waals surface area contributed by atoms with E-state index in [1.54, 1.807) is 23.9 Å². The largest absolute Gasteiger partial charge is 0.398 e. The average molecular weight is 232 g/mol. The van der Waals surface area contributed by atoms with Crippen molar-refractivity contribution in [1.29, 1.82) is 0 Å². The Morgan fingerprint density at radius 2 is 2.29 bits per heavy atom. The maximum atomic E-state index is 9.38. The molecule has 14 heavy (non-hydrogen) atoms. The van der Waals surface area contributed by atoms with Crippen LogP contribution in [-0.4, -0.2) is 17.0 Å². The Balaban J connectivity index is 2.59. The molecule has 2 nitrogen and oxygen atoms in total. The lowest BCUT2D eigenvalue weighted by atomic mass is 10.3. The SMILES string of the molecule is CCC(O)CSc1ccc(Cl)cc1N. The van der Waals surface area contributed by atoms with Crippen LogP contribution in [0.5, 0.6) is 0 Å². The Labute approximate surface area is 93.5 Å². The van der Waals surface area contributed by atoms with Gasteiger partial charge in [-0.15, -0.1) is 11.8 Å². The summed E-state index contributed by atoms with van der Waals surface area (Å²) in [6, 6.07) is 5.41. The van der Waals surface area contributed by atoms with Crippen LogP contribution in [0.25, 0.3) is 0 Å². The van der Waals surface area contributed by atoms with Gasteiger partial charge in [-0.2, -0.15) is 0 Å². The van der Waals surface area contributed by atoms with E-state index in [1.807, 2.05) is 13.0 Å². The molecule has 0 saturated carbocycles. The predicted molar refractivity (Wildman–Crippen MR) is 62.9 cm³/mol. The zero-order valence-electron chi connectivity index (χ0n) is 8.03. The lowest BCUT2D eigenvalue weighted by molar-refractivity contribution is 0.195. The normalized spacial score (nSPS) is 12.8. The van der Waals surface area contributed by atoms with Gasteiger partial charge in [0.15, 0.2) is 0 Å². The average Bonchev–Trinajstić information content (AvgIpc) is 2.16. The number of hydrogen-bond donors (Lipinski definition) is 2. The first kappa shape index (κ1) is 11.7. The van der Waals surface area contributed by atoms with Crippen LogP contribution in [0, 0.1) is 0 Å². The Hall–Kier alpha value is -0.380. The summed E-state index contributed by atoms with van der Waals surface area (Å²) in [4.78, 5) is 0.974. The summed E-state index contributed by atoms with van der Waals surface area (Å²) in [7, 11) is 0. The summed E-state index contributed by atoms with van der Waals surface area (Å²) in [6.45, 7) is 1.95. The van der Waals surface area contributed by atoms with Gasteiger partial charge in [-0.1, -0.05) is 18.5 Å². The number of nitrogens with two attached hydrogens (primary N) is 1. The zero-order valence-corrected chi connectivity index (χ0v) is 9.61. The molecule has 78 valence electrons. The molecule has 0 saturated heterocycles. The summed E-state index contributed by atoms with van der Waals surface area (Å²) >= 11 is 7.32. The molecular formula is C10H14ClNOS. The third-order valence-electron chi connectivity index (χ3n) is 1.87. The highest BCUT2D eigenvalue weighted by atomic mass is 35.5. The van der Waals surface area contributed by atoms with E-state index in [-0.39, 0.29) is 6.10 Å². The van der Waals surface area contributed by atoms with Gasteiger partial charge in [-0.05, 0) is 24.6 Å². The van der Waals surface area contributed by atoms with Crippen LogP contribution in [0.4, 0.5) is 5.69 Å². The zero-order chi connectivity index (χ0) is 10.6. The van der Waals surface area contributed by atoms with Gasteiger partial charge < -0.3 is 10.8 Å². The summed E-state index contributed by atoms with van der Waals surface area (Å²) in [5.74, 6) is 0.669. The molecule has 0 aliphatic heterocycles. The molecule has 0 aliphatic rings. The van der Waals surface area contributed by atoms with Crippen LogP contribution in [0.2, 0.25) is 5.02 Å². The molecule has 4 heteroatoms. The highest BCUT2D eigenvalue weighted by Gasteiger charge is 2.04. The highest BCUT2D eigenvalue weighted by molar-refractivity contribution is 7.99. The molecular weight excluding hydrogens is 218 g/mol. The van der Waals surface area contributed by atoms with Crippen molar-refractivity contribution >= 4 is 29.1 Å². The lowest BCUT2D eigenvalue weighted by Crippen LogP contribution is -2.07. The topological polar surface area (TPSA) is 46.2 Å². The molecule has 0 heterocycles. The maximum absolute atomic E-state index is 9.38. The van der Waals surface area contributed by atoms with Crippen LogP contribution < -0.4 is 5.73 Å². The molecule has 0 bridgehead atoms. The van der Waals surface area contributed by atoms with E-state index in [0.717, 1.165) is 11.3 Å². The van der Waals surface area contributed by atoms with Crippen molar-refractivity contribution in [2.45, 2.75) is 24.3 Å². The number of benzene rings is 1. The van der Waals surface area contributed by atoms with Crippen molar-refractivity contribution < 1.29 is 5.11 Å². The van der Waals surface area contributed by atoms with Crippen LogP contribution in [0.15, 0.2) is 23.1 Å². The fourth-order valence-electron chi connectivity index (χ4n) is 0.955. The Morgan fingerprint density at radius 3 is 2.86 bits per heavy atom. The van der Waals surface area contributed by atoms with E-state index in [1.165, 1.54) is 0 Å². The first-order valence-corrected chi connectivity index (χ1v) is 5.85. The minimum absolute atomic E-state index is 0.268. The molecule has 0 fully saturated rings. The van der Waals surface area contributed by atoms with E-state index in [9.17, 15) is 5.11 Å². The minimum atomic E-state index is -0.268. The van der Waals surface area contributed by atoms with Crippen molar-refractivity contribution in [3.05, 3.63) is 23.2 Å². The van der Waals surface area contributed by atoms with Crippen LogP contribution >= 0.6 is 23.4 Å². The fourth-order valence-corrected chi connectivity index (χ4v) is 2.13. The summed E-state index contributed by atoms with van der Waals surface area (Å²) in [5, 5.41) is 10.0. The summed E-state index contributed by atoms with van der Waals surface area (Å²) in [6.07, 6.45) is 0.496. The highest BCUT2D eigenvalue weighted by Crippen LogP contribution is 2.28. The van der Waals surface area contributed by atoms with Crippen LogP contribution in [0.3, 0.4) is 0 Å². The van der Waals surface area contributed by atoms with Gasteiger partial charge in [0.2, 0.25) is 0 Å². The van der Waals surface area contributed by atoms with Gasteiger partial charge in [-0.25, -0.2) is 0 Å². The molecule has 0 radical (unpaired) electrons. The van der Waals surface area contributed by atoms with Gasteiger partial charge in [0.1, 0.15) is 0 Å². The molecule has 0 amide bonds. The molecule has 1 rings (SSSR count). The van der Waals surface area contributed by atoms with Crippen LogP contribution in [-0.2, 0) is 0 Å². The first-order valence-electron chi connectivity index (χ1n) is 4.49. The smallest absolute Gasteiger partial charge is 0.0631 e. The predicted octanol–water partition coefficient (Wildman–Crippen LogP) is 2.79. The molecule has 0 spiro atoms. The molecule has 0 aliphatic carbocycles. The number of anilines is 1. The van der Waals surface area contributed by atoms with Crippen molar-refractivity contribution in [3.8, 4) is 0 Å². The van der Waals surface area contributed by atoms with Crippen molar-refractivity contribution in [1.82, 2.24) is 0 Å². The molecule has 0 aromatic heterocycles. The van der Waals surface area contributed by atoms with Gasteiger partial charge in [-0.3, -0.25) is 0 Å². The van der Waals surface area contributed by atoms with E-state index < -0.39 is 0 Å². The monoisotopic (exact) mass is 231 g/mol. The quantitative estimate of drug-likeness (QED) is 0.619. The van der Waals surface area contributed by atoms with Gasteiger partial charge in [0.05, 0.1) is 6.10 Å². The number of aliphatic hydroxyl groups is 1. The van der Waals surface area contributed by atoms with Gasteiger partial charge in [0, 0.05) is 21.4 Å². The van der Waals surface area contributed by atoms with Gasteiger partial charge in [0.25, 0.3) is 0 Å². The second-order valence-corrected chi connectivity index (χ2v) is 4.55. The van der Waals surface area contributed by atoms with Crippen molar-refractivity contribution in [2.24, 2.45) is 0 Å².